The standard InChI is InChI=1S/C10H15NO2/c1-10(2,6-9(12)13)5-8-3-4-11-7-8/h3-4,7,11H,5-6H2,1-2H3,(H,12,13). The maximum Gasteiger partial charge on any atom is 0.303 e. The Bertz CT molecular complexity index is 275. The van der Waals surface area contributed by atoms with Crippen molar-refractivity contribution in [1.29, 1.82) is 0 Å². The molecule has 0 amide bonds. The van der Waals surface area contributed by atoms with E-state index in [0.717, 1.165) is 12.0 Å². The van der Waals surface area contributed by atoms with Crippen LogP contribution in [0.3, 0.4) is 0 Å². The van der Waals surface area contributed by atoms with E-state index in [1.165, 1.54) is 0 Å². The van der Waals surface area contributed by atoms with Crippen molar-refractivity contribution < 1.29 is 9.90 Å². The molecule has 2 N–H and O–H groups in total. The molecular formula is C10H15NO2. The average Bonchev–Trinajstić information content (AvgIpc) is 2.34. The normalized spacial score (nSPS) is 11.5. The first-order chi connectivity index (χ1) is 5.99. The minimum absolute atomic E-state index is 0.173. The van der Waals surface area contributed by atoms with Gasteiger partial charge in [-0.2, -0.15) is 0 Å². The highest BCUT2D eigenvalue weighted by atomic mass is 16.4. The van der Waals surface area contributed by atoms with Crippen molar-refractivity contribution in [3.63, 3.8) is 0 Å². The second kappa shape index (κ2) is 3.64. The molecule has 0 saturated heterocycles. The van der Waals surface area contributed by atoms with Crippen LogP contribution < -0.4 is 0 Å². The van der Waals surface area contributed by atoms with Gasteiger partial charge in [-0.1, -0.05) is 13.8 Å². The summed E-state index contributed by atoms with van der Waals surface area (Å²) in [6.45, 7) is 3.93. The number of hydrogen-bond acceptors (Lipinski definition) is 1. The number of hydrogen-bond donors (Lipinski definition) is 2. The zero-order chi connectivity index (χ0) is 9.90. The molecule has 1 rings (SSSR count). The molecule has 0 aliphatic rings. The molecule has 0 radical (unpaired) electrons. The van der Waals surface area contributed by atoms with Crippen LogP contribution in [0.2, 0.25) is 0 Å². The maximum absolute atomic E-state index is 10.5. The Morgan fingerprint density at radius 3 is 2.77 bits per heavy atom. The number of carboxylic acids is 1. The molecule has 3 heteroatoms. The molecule has 1 heterocycles. The zero-order valence-electron chi connectivity index (χ0n) is 8.00. The van der Waals surface area contributed by atoms with Crippen LogP contribution in [0.25, 0.3) is 0 Å². The molecule has 1 aromatic heterocycles. The summed E-state index contributed by atoms with van der Waals surface area (Å²) in [6, 6.07) is 1.98. The highest BCUT2D eigenvalue weighted by molar-refractivity contribution is 5.67. The summed E-state index contributed by atoms with van der Waals surface area (Å²) in [5.74, 6) is -0.736. The third kappa shape index (κ3) is 3.32. The van der Waals surface area contributed by atoms with Crippen molar-refractivity contribution in [2.45, 2.75) is 26.7 Å². The highest BCUT2D eigenvalue weighted by Gasteiger charge is 2.22. The van der Waals surface area contributed by atoms with Gasteiger partial charge in [-0.15, -0.1) is 0 Å². The molecule has 0 fully saturated rings. The van der Waals surface area contributed by atoms with Gasteiger partial charge in [0.05, 0.1) is 6.42 Å². The van der Waals surface area contributed by atoms with Crippen molar-refractivity contribution in [2.24, 2.45) is 5.41 Å². The number of carbonyl (C=O) groups is 1. The number of aromatic amines is 1. The van der Waals surface area contributed by atoms with Gasteiger partial charge in [0.25, 0.3) is 0 Å². The van der Waals surface area contributed by atoms with Crippen LogP contribution in [-0.4, -0.2) is 16.1 Å². The predicted octanol–water partition coefficient (Wildman–Crippen LogP) is 2.06. The molecular weight excluding hydrogens is 166 g/mol. The molecule has 1 aromatic rings. The molecule has 0 aliphatic heterocycles. The Morgan fingerprint density at radius 2 is 2.31 bits per heavy atom. The fourth-order valence-corrected chi connectivity index (χ4v) is 1.49. The van der Waals surface area contributed by atoms with Crippen LogP contribution in [0.1, 0.15) is 25.8 Å². The number of aliphatic carboxylic acids is 1. The van der Waals surface area contributed by atoms with Crippen LogP contribution in [0.5, 0.6) is 0 Å². The number of nitrogens with one attached hydrogen (secondary N) is 1. The van der Waals surface area contributed by atoms with E-state index in [0.29, 0.717) is 0 Å². The first kappa shape index (κ1) is 9.84. The first-order valence-corrected chi connectivity index (χ1v) is 4.33. The Labute approximate surface area is 77.8 Å². The van der Waals surface area contributed by atoms with Gasteiger partial charge < -0.3 is 10.1 Å². The minimum Gasteiger partial charge on any atom is -0.481 e. The second-order valence-corrected chi connectivity index (χ2v) is 4.13. The summed E-state index contributed by atoms with van der Waals surface area (Å²) in [6.07, 6.45) is 4.76. The van der Waals surface area contributed by atoms with E-state index >= 15 is 0 Å². The van der Waals surface area contributed by atoms with Gasteiger partial charge in [0, 0.05) is 12.4 Å². The van der Waals surface area contributed by atoms with E-state index in [1.807, 2.05) is 32.3 Å². The van der Waals surface area contributed by atoms with E-state index in [1.54, 1.807) is 0 Å². The average molecular weight is 181 g/mol. The van der Waals surface area contributed by atoms with Crippen LogP contribution >= 0.6 is 0 Å². The van der Waals surface area contributed by atoms with Crippen LogP contribution in [-0.2, 0) is 11.2 Å². The van der Waals surface area contributed by atoms with Crippen molar-refractivity contribution in [3.05, 3.63) is 24.0 Å². The fourth-order valence-electron chi connectivity index (χ4n) is 1.49. The zero-order valence-corrected chi connectivity index (χ0v) is 8.00. The van der Waals surface area contributed by atoms with Gasteiger partial charge in [-0.25, -0.2) is 0 Å². The van der Waals surface area contributed by atoms with Crippen molar-refractivity contribution in [1.82, 2.24) is 4.98 Å². The molecule has 0 aliphatic carbocycles. The van der Waals surface area contributed by atoms with E-state index in [-0.39, 0.29) is 11.8 Å². The summed E-state index contributed by atoms with van der Waals surface area (Å²) in [4.78, 5) is 13.5. The lowest BCUT2D eigenvalue weighted by molar-refractivity contribution is -0.139. The Balaban J connectivity index is 2.56. The lowest BCUT2D eigenvalue weighted by atomic mass is 9.83. The smallest absolute Gasteiger partial charge is 0.303 e. The Kier molecular flexibility index (Phi) is 2.76. The van der Waals surface area contributed by atoms with Gasteiger partial charge in [0.15, 0.2) is 0 Å². The van der Waals surface area contributed by atoms with Gasteiger partial charge in [0.2, 0.25) is 0 Å². The first-order valence-electron chi connectivity index (χ1n) is 4.33. The number of H-pyrrole nitrogens is 1. The topological polar surface area (TPSA) is 53.1 Å². The van der Waals surface area contributed by atoms with Crippen LogP contribution in [0.4, 0.5) is 0 Å². The van der Waals surface area contributed by atoms with Crippen LogP contribution in [0.15, 0.2) is 18.5 Å². The molecule has 0 spiro atoms. The van der Waals surface area contributed by atoms with Gasteiger partial charge in [0.1, 0.15) is 0 Å². The van der Waals surface area contributed by atoms with E-state index in [2.05, 4.69) is 4.98 Å². The fraction of sp³-hybridized carbons (Fsp3) is 0.500. The molecule has 0 aromatic carbocycles. The summed E-state index contributed by atoms with van der Waals surface area (Å²) in [7, 11) is 0. The molecule has 0 atom stereocenters. The van der Waals surface area contributed by atoms with Crippen molar-refractivity contribution in [2.75, 3.05) is 0 Å². The minimum atomic E-state index is -0.736. The molecule has 0 bridgehead atoms. The van der Waals surface area contributed by atoms with E-state index < -0.39 is 5.97 Å². The third-order valence-electron chi connectivity index (χ3n) is 1.97. The van der Waals surface area contributed by atoms with E-state index in [4.69, 9.17) is 5.11 Å². The largest absolute Gasteiger partial charge is 0.481 e. The lowest BCUT2D eigenvalue weighted by Gasteiger charge is -2.21. The third-order valence-corrected chi connectivity index (χ3v) is 1.97. The molecule has 72 valence electrons. The molecule has 0 unspecified atom stereocenters. The van der Waals surface area contributed by atoms with E-state index in [9.17, 15) is 4.79 Å². The van der Waals surface area contributed by atoms with Gasteiger partial charge >= 0.3 is 5.97 Å². The second-order valence-electron chi connectivity index (χ2n) is 4.13. The summed E-state index contributed by atoms with van der Waals surface area (Å²) < 4.78 is 0. The van der Waals surface area contributed by atoms with Gasteiger partial charge in [-0.05, 0) is 23.5 Å². The highest BCUT2D eigenvalue weighted by Crippen LogP contribution is 2.25. The number of rotatable bonds is 4. The molecule has 13 heavy (non-hydrogen) atoms. The molecule has 0 saturated carbocycles. The number of aromatic nitrogens is 1. The van der Waals surface area contributed by atoms with Gasteiger partial charge in [-0.3, -0.25) is 4.79 Å². The predicted molar refractivity (Wildman–Crippen MR) is 50.5 cm³/mol. The maximum atomic E-state index is 10.5. The lowest BCUT2D eigenvalue weighted by Crippen LogP contribution is -2.19. The quantitative estimate of drug-likeness (QED) is 0.747. The molecule has 3 nitrogen and oxygen atoms in total. The summed E-state index contributed by atoms with van der Waals surface area (Å²) in [5, 5.41) is 8.67. The Hall–Kier alpha value is -1.25. The monoisotopic (exact) mass is 181 g/mol. The van der Waals surface area contributed by atoms with Crippen molar-refractivity contribution in [3.8, 4) is 0 Å². The van der Waals surface area contributed by atoms with Crippen LogP contribution in [0, 0.1) is 5.41 Å². The SMILES string of the molecule is CC(C)(CC(=O)O)Cc1cc[nH]c1. The van der Waals surface area contributed by atoms with Crippen molar-refractivity contribution >= 4 is 5.97 Å². The Morgan fingerprint density at radius 1 is 1.62 bits per heavy atom. The summed E-state index contributed by atoms with van der Waals surface area (Å²) >= 11 is 0. The summed E-state index contributed by atoms with van der Waals surface area (Å²) in [5.41, 5.74) is 0.986. The number of carboxylic acid groups (broad SMARTS) is 1.